The predicted octanol–water partition coefficient (Wildman–Crippen LogP) is 0.930. The van der Waals surface area contributed by atoms with E-state index in [1.165, 1.54) is 0 Å². The third-order valence-electron chi connectivity index (χ3n) is 22.1. The van der Waals surface area contributed by atoms with E-state index in [2.05, 4.69) is 31.1 Å². The van der Waals surface area contributed by atoms with Crippen molar-refractivity contribution in [2.24, 2.45) is 5.73 Å². The molecule has 3 aliphatic heterocycles. The van der Waals surface area contributed by atoms with E-state index in [0.717, 1.165) is 39.3 Å². The summed E-state index contributed by atoms with van der Waals surface area (Å²) < 4.78 is 0. The number of hydrogen-bond donors (Lipinski definition) is 13. The molecule has 6 atom stereocenters. The lowest BCUT2D eigenvalue weighted by Crippen LogP contribution is -2.53. The summed E-state index contributed by atoms with van der Waals surface area (Å²) in [4.78, 5) is 214. The van der Waals surface area contributed by atoms with Gasteiger partial charge in [-0.05, 0) is 130 Å². The highest BCUT2D eigenvalue weighted by atomic mass is 16.4. The van der Waals surface area contributed by atoms with Gasteiger partial charge in [-0.2, -0.15) is 0 Å². The maximum atomic E-state index is 13.7. The topological polar surface area (TPSA) is 538 Å². The van der Waals surface area contributed by atoms with E-state index in [1.54, 1.807) is 111 Å². The molecule has 126 heavy (non-hydrogen) atoms. The molecular formula is C88H122N14O24. The van der Waals surface area contributed by atoms with Gasteiger partial charge in [-0.3, -0.25) is 101 Å². The molecule has 3 aliphatic rings. The SMILES string of the molecule is CCN1CCN(CC(=O)O)CCN(CC(=O)O)CC(Cc2ccc(C(=O)NC(Cc3ccccc3)C(=O)CCC(=O)NC(CCCCN)C(=O)O)cc2)N(CC(=O)O)CC1.CCN1CCN(CC(=O)O)CCN(CC(=O)O)CC(Cc2ccc(C(=O)NC(Cc3ccccc3)C(=O)CCC(=O)NC(CCCCN3C(=O)C=CC3=O)C(=O)O)cc2)N(CC(=O)O)CC1. The molecule has 0 spiro atoms. The predicted molar refractivity (Wildman–Crippen MR) is 460 cm³/mol. The molecule has 14 N–H and O–H groups in total. The first-order valence-corrected chi connectivity index (χ1v) is 42.5. The zero-order valence-electron chi connectivity index (χ0n) is 71.6. The van der Waals surface area contributed by atoms with Crippen LogP contribution in [0, 0.1) is 0 Å². The second-order valence-corrected chi connectivity index (χ2v) is 31.5. The van der Waals surface area contributed by atoms with E-state index in [9.17, 15) is 118 Å². The second-order valence-electron chi connectivity index (χ2n) is 31.5. The second kappa shape index (κ2) is 55.0. The fourth-order valence-electron chi connectivity index (χ4n) is 15.1. The molecule has 0 saturated carbocycles. The number of imide groups is 1. The van der Waals surface area contributed by atoms with E-state index in [4.69, 9.17) is 5.73 Å². The highest BCUT2D eigenvalue weighted by molar-refractivity contribution is 6.13. The van der Waals surface area contributed by atoms with E-state index in [-0.39, 0.29) is 147 Å². The highest BCUT2D eigenvalue weighted by Gasteiger charge is 2.33. The van der Waals surface area contributed by atoms with Crippen molar-refractivity contribution in [1.29, 1.82) is 0 Å². The average Bonchev–Trinajstić information content (AvgIpc) is 1.04. The quantitative estimate of drug-likeness (QED) is 0.0216. The Morgan fingerprint density at radius 1 is 0.365 bits per heavy atom. The molecule has 4 aromatic carbocycles. The number of carboxylic acid groups (broad SMARTS) is 8. The van der Waals surface area contributed by atoms with Gasteiger partial charge in [0.1, 0.15) is 12.1 Å². The van der Waals surface area contributed by atoms with Crippen LogP contribution in [0.4, 0.5) is 0 Å². The minimum absolute atomic E-state index is 0.0291. The van der Waals surface area contributed by atoms with Crippen LogP contribution in [0.15, 0.2) is 121 Å². The Morgan fingerprint density at radius 2 is 0.690 bits per heavy atom. The van der Waals surface area contributed by atoms with Gasteiger partial charge in [-0.15, -0.1) is 0 Å². The number of amides is 6. The Bertz CT molecular complexity index is 4280. The molecular weight excluding hydrogens is 1640 g/mol. The summed E-state index contributed by atoms with van der Waals surface area (Å²) in [5, 5.41) is 88.1. The number of carboxylic acids is 8. The number of carbonyl (C=O) groups is 16. The number of likely N-dealkylation sites (N-methyl/N-ethyl adjacent to an activating group) is 2. The lowest BCUT2D eigenvalue weighted by Gasteiger charge is -2.37. The number of ketones is 2. The number of hydrogen-bond acceptors (Lipinski definition) is 25. The van der Waals surface area contributed by atoms with Crippen LogP contribution in [0.2, 0.25) is 0 Å². The third-order valence-corrected chi connectivity index (χ3v) is 22.1. The number of carbonyl (C=O) groups excluding carboxylic acids is 8. The smallest absolute Gasteiger partial charge is 0.326 e. The molecule has 38 heteroatoms. The van der Waals surface area contributed by atoms with Gasteiger partial charge in [0.25, 0.3) is 23.6 Å². The van der Waals surface area contributed by atoms with E-state index in [1.807, 2.05) is 41.8 Å². The van der Waals surface area contributed by atoms with E-state index < -0.39 is 131 Å². The zero-order valence-corrected chi connectivity index (χ0v) is 71.6. The van der Waals surface area contributed by atoms with E-state index >= 15 is 0 Å². The number of unbranched alkanes of at least 4 members (excludes halogenated alkanes) is 2. The molecule has 2 fully saturated rings. The highest BCUT2D eigenvalue weighted by Crippen LogP contribution is 2.20. The largest absolute Gasteiger partial charge is 0.480 e. The summed E-state index contributed by atoms with van der Waals surface area (Å²) in [6, 6.07) is 25.8. The number of nitrogens with two attached hydrogens (primary N) is 1. The van der Waals surface area contributed by atoms with Gasteiger partial charge in [-0.25, -0.2) is 9.59 Å². The molecule has 0 radical (unpaired) electrons. The lowest BCUT2D eigenvalue weighted by atomic mass is 9.98. The first-order valence-electron chi connectivity index (χ1n) is 42.5. The first kappa shape index (κ1) is 103. The minimum Gasteiger partial charge on any atom is -0.480 e. The normalized spacial score (nSPS) is 17.6. The lowest BCUT2D eigenvalue weighted by molar-refractivity contribution is -0.142. The van der Waals surface area contributed by atoms with Crippen molar-refractivity contribution in [2.75, 3.05) is 157 Å². The fraction of sp³-hybridized carbons (Fsp3) is 0.523. The molecule has 0 aliphatic carbocycles. The van der Waals surface area contributed by atoms with Gasteiger partial charge >= 0.3 is 47.8 Å². The third kappa shape index (κ3) is 38.9. The van der Waals surface area contributed by atoms with Crippen molar-refractivity contribution in [3.05, 3.63) is 155 Å². The van der Waals surface area contributed by atoms with Crippen molar-refractivity contribution < 1.29 is 118 Å². The Labute approximate surface area is 732 Å². The Kier molecular flexibility index (Phi) is 45.0. The molecule has 7 rings (SSSR count). The van der Waals surface area contributed by atoms with Gasteiger partial charge in [0.2, 0.25) is 11.8 Å². The van der Waals surface area contributed by atoms with Crippen LogP contribution >= 0.6 is 0 Å². The van der Waals surface area contributed by atoms with Gasteiger partial charge in [0.05, 0.1) is 51.4 Å². The summed E-state index contributed by atoms with van der Waals surface area (Å²) in [6.45, 7) is 9.16. The maximum Gasteiger partial charge on any atom is 0.326 e. The molecule has 2 saturated heterocycles. The van der Waals surface area contributed by atoms with Crippen molar-refractivity contribution in [1.82, 2.24) is 65.4 Å². The number of rotatable bonds is 47. The van der Waals surface area contributed by atoms with Crippen molar-refractivity contribution in [3.63, 3.8) is 0 Å². The molecule has 38 nitrogen and oxygen atoms in total. The van der Waals surface area contributed by atoms with Crippen LogP contribution in [0.25, 0.3) is 0 Å². The van der Waals surface area contributed by atoms with Crippen LogP contribution < -0.4 is 27.0 Å². The van der Waals surface area contributed by atoms with Crippen molar-refractivity contribution in [3.8, 4) is 0 Å². The number of nitrogens with one attached hydrogen (secondary N) is 4. The van der Waals surface area contributed by atoms with E-state index in [0.29, 0.717) is 111 Å². The number of aliphatic carboxylic acids is 8. The molecule has 6 unspecified atom stereocenters. The Morgan fingerprint density at radius 3 is 1.02 bits per heavy atom. The van der Waals surface area contributed by atoms with Crippen LogP contribution in [0.1, 0.15) is 121 Å². The fourth-order valence-corrected chi connectivity index (χ4v) is 15.1. The van der Waals surface area contributed by atoms with Crippen molar-refractivity contribution in [2.45, 2.75) is 140 Å². The number of Topliss-reactive ketones (excluding diaryl/α,β-unsaturated/α-hetero) is 2. The Balaban J connectivity index is 0.000000391. The van der Waals surface area contributed by atoms with Gasteiger partial charge in [-0.1, -0.05) is 98.8 Å². The van der Waals surface area contributed by atoms with Crippen LogP contribution in [0.5, 0.6) is 0 Å². The first-order chi connectivity index (χ1) is 60.2. The number of benzene rings is 4. The average molecular weight is 1760 g/mol. The summed E-state index contributed by atoms with van der Waals surface area (Å²) in [6.07, 6.45) is 4.00. The molecule has 4 aromatic rings. The standard InChI is InChI=1S/C46H61N7O13.C42H61N7O11/c1-2-49-20-21-50(29-42(58)59)22-23-51(30-43(60)61)28-35(52(25-24-49)31-44(62)63)26-33-11-13-34(14-12-33)45(64)48-37(27-32-8-4-3-5-9-32)38(54)15-16-39(55)47-36(46(65)66)10-6-7-19-53-40(56)17-18-41(53)57;1-2-46-18-19-47(27-38(52)53)20-21-48(28-39(54)55)26-33(49(23-22-46)29-40(56)57)24-31-11-13-32(14-12-31)41(58)45-35(25-30-8-4-3-5-9-30)36(50)15-16-37(51)44-34(42(59)60)10-6-7-17-43/h3-5,8-9,11-14,17-18,35-37H,2,6-7,10,15-16,19-31H2,1H3,(H,47,55)(H,48,64)(H,58,59)(H,60,61)(H,62,63)(H,65,66);3-5,8-9,11-14,33-35H,2,6-7,10,15-29,43H2,1H3,(H,44,51)(H,45,58)(H,52,53)(H,54,55)(H,56,57)(H,59,60). The summed E-state index contributed by atoms with van der Waals surface area (Å²) in [7, 11) is 0. The summed E-state index contributed by atoms with van der Waals surface area (Å²) in [5.41, 5.74) is 8.95. The van der Waals surface area contributed by atoms with Crippen molar-refractivity contribution >= 4 is 94.8 Å². The molecule has 3 heterocycles. The minimum atomic E-state index is -1.28. The van der Waals surface area contributed by atoms with Gasteiger partial charge < -0.3 is 77.7 Å². The summed E-state index contributed by atoms with van der Waals surface area (Å²) in [5.74, 6) is -12.8. The number of nitrogens with zero attached hydrogens (tertiary/aromatic N) is 9. The zero-order chi connectivity index (χ0) is 92.2. The summed E-state index contributed by atoms with van der Waals surface area (Å²) >= 11 is 0. The maximum absolute atomic E-state index is 13.7. The van der Waals surface area contributed by atoms with Crippen LogP contribution in [-0.2, 0) is 92.8 Å². The van der Waals surface area contributed by atoms with Crippen LogP contribution in [0.3, 0.4) is 0 Å². The monoisotopic (exact) mass is 1760 g/mol. The molecule has 0 aromatic heterocycles. The van der Waals surface area contributed by atoms with Crippen LogP contribution in [-0.4, -0.2) is 373 Å². The van der Waals surface area contributed by atoms with Gasteiger partial charge in [0, 0.05) is 159 Å². The Hall–Kier alpha value is -11.6. The molecule has 688 valence electrons. The molecule has 6 amide bonds. The molecule has 0 bridgehead atoms. The van der Waals surface area contributed by atoms with Gasteiger partial charge in [0.15, 0.2) is 11.6 Å².